The Balaban J connectivity index is 1.12. The number of nitrogens with zero attached hydrogens (tertiary/aromatic N) is 2. The van der Waals surface area contributed by atoms with Gasteiger partial charge in [-0.05, 0) is 91.9 Å². The van der Waals surface area contributed by atoms with Crippen molar-refractivity contribution in [2.75, 3.05) is 61.9 Å². The molecule has 0 saturated heterocycles. The number of carbonyl (C=O) groups is 1. The first-order valence-corrected chi connectivity index (χ1v) is 18.1. The van der Waals surface area contributed by atoms with Crippen molar-refractivity contribution >= 4 is 40.1 Å². The van der Waals surface area contributed by atoms with Crippen LogP contribution in [0.1, 0.15) is 42.6 Å². The molecular formula is C42H45N5O8. The number of aryl methyl sites for hydroxylation is 1. The Morgan fingerprint density at radius 2 is 1.65 bits per heavy atom. The van der Waals surface area contributed by atoms with Gasteiger partial charge in [-0.3, -0.25) is 10.1 Å². The first kappa shape index (κ1) is 38.1. The number of nitro groups is 1. The second-order valence-corrected chi connectivity index (χ2v) is 12.9. The highest BCUT2D eigenvalue weighted by Gasteiger charge is 2.20. The molecule has 0 radical (unpaired) electrons. The average molecular weight is 748 g/mol. The lowest BCUT2D eigenvalue weighted by Crippen LogP contribution is -2.24. The molecule has 0 aliphatic carbocycles. The SMILES string of the molecule is CCCOc1cc(NCOc2cc(Nc3cc4c(cc3OCC)N(C)CCC4)ccc2N)ccc1C(=O)Oc1ccc(-c2ccc([N+](=O)[O-])cc2)c(OC)c1. The molecule has 0 spiro atoms. The fourth-order valence-corrected chi connectivity index (χ4v) is 6.29. The summed E-state index contributed by atoms with van der Waals surface area (Å²) >= 11 is 0. The van der Waals surface area contributed by atoms with Crippen LogP contribution in [0.3, 0.4) is 0 Å². The maximum Gasteiger partial charge on any atom is 0.347 e. The minimum Gasteiger partial charge on any atom is -0.496 e. The Morgan fingerprint density at radius 3 is 2.40 bits per heavy atom. The van der Waals surface area contributed by atoms with Crippen molar-refractivity contribution < 1.29 is 33.4 Å². The van der Waals surface area contributed by atoms with Gasteiger partial charge in [0, 0.05) is 72.6 Å². The Morgan fingerprint density at radius 1 is 0.873 bits per heavy atom. The Kier molecular flexibility index (Phi) is 12.1. The molecular weight excluding hydrogens is 702 g/mol. The number of hydrogen-bond acceptors (Lipinski definition) is 12. The van der Waals surface area contributed by atoms with E-state index >= 15 is 0 Å². The van der Waals surface area contributed by atoms with E-state index in [2.05, 4.69) is 34.7 Å². The van der Waals surface area contributed by atoms with Gasteiger partial charge < -0.3 is 45.0 Å². The van der Waals surface area contributed by atoms with Crippen LogP contribution in [0, 0.1) is 10.1 Å². The number of nitrogens with two attached hydrogens (primary N) is 1. The Labute approximate surface area is 320 Å². The van der Waals surface area contributed by atoms with E-state index in [1.165, 1.54) is 30.5 Å². The van der Waals surface area contributed by atoms with E-state index in [1.54, 1.807) is 54.6 Å². The summed E-state index contributed by atoms with van der Waals surface area (Å²) in [6.07, 6.45) is 2.84. The van der Waals surface area contributed by atoms with Gasteiger partial charge in [0.1, 0.15) is 34.3 Å². The van der Waals surface area contributed by atoms with Crippen LogP contribution < -0.4 is 45.0 Å². The van der Waals surface area contributed by atoms with Crippen LogP contribution in [0.5, 0.6) is 28.7 Å². The molecule has 0 fully saturated rings. The molecule has 0 aromatic heterocycles. The zero-order valence-electron chi connectivity index (χ0n) is 31.3. The number of ether oxygens (including phenoxy) is 5. The lowest BCUT2D eigenvalue weighted by molar-refractivity contribution is -0.384. The minimum atomic E-state index is -0.616. The molecule has 0 atom stereocenters. The molecule has 0 amide bonds. The summed E-state index contributed by atoms with van der Waals surface area (Å²) in [4.78, 5) is 26.3. The predicted molar refractivity (Wildman–Crippen MR) is 215 cm³/mol. The Bertz CT molecular complexity index is 2160. The molecule has 1 aliphatic heterocycles. The average Bonchev–Trinajstić information content (AvgIpc) is 3.19. The van der Waals surface area contributed by atoms with Gasteiger partial charge in [-0.1, -0.05) is 6.92 Å². The second-order valence-electron chi connectivity index (χ2n) is 12.9. The zero-order valence-corrected chi connectivity index (χ0v) is 31.3. The van der Waals surface area contributed by atoms with Gasteiger partial charge in [-0.15, -0.1) is 0 Å². The number of nitrogen functional groups attached to an aromatic ring is 1. The second kappa shape index (κ2) is 17.5. The van der Waals surface area contributed by atoms with Gasteiger partial charge in [0.15, 0.2) is 6.73 Å². The number of benzene rings is 5. The van der Waals surface area contributed by atoms with Gasteiger partial charge in [0.05, 0.1) is 36.6 Å². The third-order valence-electron chi connectivity index (χ3n) is 9.06. The van der Waals surface area contributed by atoms with E-state index in [0.717, 1.165) is 42.9 Å². The van der Waals surface area contributed by atoms with Crippen LogP contribution in [0.4, 0.5) is 34.1 Å². The van der Waals surface area contributed by atoms with E-state index < -0.39 is 10.9 Å². The summed E-state index contributed by atoms with van der Waals surface area (Å²) < 4.78 is 29.3. The molecule has 0 bridgehead atoms. The van der Waals surface area contributed by atoms with E-state index in [0.29, 0.717) is 53.0 Å². The summed E-state index contributed by atoms with van der Waals surface area (Å²) in [6, 6.07) is 26.0. The number of rotatable bonds is 16. The number of hydrogen-bond donors (Lipinski definition) is 3. The van der Waals surface area contributed by atoms with Crippen LogP contribution in [-0.4, -0.2) is 51.5 Å². The van der Waals surface area contributed by atoms with E-state index in [-0.39, 0.29) is 23.7 Å². The van der Waals surface area contributed by atoms with Crippen molar-refractivity contribution in [3.05, 3.63) is 112 Å². The lowest BCUT2D eigenvalue weighted by Gasteiger charge is -2.29. The molecule has 5 aromatic rings. The lowest BCUT2D eigenvalue weighted by atomic mass is 10.0. The molecule has 286 valence electrons. The van der Waals surface area contributed by atoms with Crippen LogP contribution in [0.25, 0.3) is 11.1 Å². The fraction of sp³-hybridized carbons (Fsp3) is 0.262. The number of methoxy groups -OCH3 is 1. The number of fused-ring (bicyclic) bond motifs is 1. The standard InChI is InChI=1S/C42H45N5O8/c1-5-20-53-39-22-29(11-16-34(39)42(48)55-32-15-17-33(38(24-32)51-4)27-9-13-31(14-10-27)47(49)50)44-26-54-40-23-30(12-18-35(40)43)45-36-21-28-8-7-19-46(3)37(28)25-41(36)52-6-2/h9-18,21-25,44-45H,5-8,19-20,26,43H2,1-4H3. The number of non-ortho nitro benzene ring substituents is 1. The molecule has 4 N–H and O–H groups in total. The highest BCUT2D eigenvalue weighted by molar-refractivity contribution is 5.95. The van der Waals surface area contributed by atoms with Crippen LogP contribution >= 0.6 is 0 Å². The number of carbonyl (C=O) groups excluding carboxylic acids is 1. The number of nitrogens with one attached hydrogen (secondary N) is 2. The minimum absolute atomic E-state index is 0.0161. The predicted octanol–water partition coefficient (Wildman–Crippen LogP) is 8.83. The van der Waals surface area contributed by atoms with Gasteiger partial charge in [-0.2, -0.15) is 0 Å². The highest BCUT2D eigenvalue weighted by atomic mass is 16.6. The van der Waals surface area contributed by atoms with Gasteiger partial charge >= 0.3 is 5.97 Å². The first-order chi connectivity index (χ1) is 26.7. The molecule has 0 unspecified atom stereocenters. The smallest absolute Gasteiger partial charge is 0.347 e. The third kappa shape index (κ3) is 9.13. The Hall–Kier alpha value is -6.63. The molecule has 1 heterocycles. The van der Waals surface area contributed by atoms with Crippen molar-refractivity contribution in [1.82, 2.24) is 0 Å². The molecule has 13 nitrogen and oxygen atoms in total. The first-order valence-electron chi connectivity index (χ1n) is 18.1. The molecule has 1 aliphatic rings. The van der Waals surface area contributed by atoms with Crippen molar-refractivity contribution in [2.45, 2.75) is 33.1 Å². The summed E-state index contributed by atoms with van der Waals surface area (Å²) in [5.74, 6) is 1.69. The van der Waals surface area contributed by atoms with E-state index in [9.17, 15) is 14.9 Å². The number of anilines is 5. The maximum absolute atomic E-state index is 13.4. The number of nitro benzene ring substituents is 1. The fourth-order valence-electron chi connectivity index (χ4n) is 6.29. The van der Waals surface area contributed by atoms with Crippen molar-refractivity contribution in [3.63, 3.8) is 0 Å². The molecule has 55 heavy (non-hydrogen) atoms. The van der Waals surface area contributed by atoms with Crippen molar-refractivity contribution in [3.8, 4) is 39.9 Å². The summed E-state index contributed by atoms with van der Waals surface area (Å²) in [5.41, 5.74) is 13.2. The third-order valence-corrected chi connectivity index (χ3v) is 9.06. The topological polar surface area (TPSA) is 160 Å². The van der Waals surface area contributed by atoms with Gasteiger partial charge in [0.25, 0.3) is 5.69 Å². The van der Waals surface area contributed by atoms with Crippen LogP contribution in [0.2, 0.25) is 0 Å². The molecule has 13 heteroatoms. The number of esters is 1. The largest absolute Gasteiger partial charge is 0.496 e. The van der Waals surface area contributed by atoms with Crippen LogP contribution in [-0.2, 0) is 6.42 Å². The van der Waals surface area contributed by atoms with Gasteiger partial charge in [0.2, 0.25) is 0 Å². The quantitative estimate of drug-likeness (QED) is 0.0220. The summed E-state index contributed by atoms with van der Waals surface area (Å²) in [6.45, 7) is 5.98. The molecule has 6 rings (SSSR count). The van der Waals surface area contributed by atoms with Crippen molar-refractivity contribution in [2.24, 2.45) is 0 Å². The van der Waals surface area contributed by atoms with Crippen LogP contribution in [0.15, 0.2) is 91.0 Å². The van der Waals surface area contributed by atoms with Crippen molar-refractivity contribution in [1.29, 1.82) is 0 Å². The molecule has 0 saturated carbocycles. The van der Waals surface area contributed by atoms with E-state index in [1.807, 2.05) is 26.0 Å². The monoisotopic (exact) mass is 747 g/mol. The highest BCUT2D eigenvalue weighted by Crippen LogP contribution is 2.39. The zero-order chi connectivity index (χ0) is 38.9. The maximum atomic E-state index is 13.4. The molecule has 5 aromatic carbocycles. The van der Waals surface area contributed by atoms with Gasteiger partial charge in [-0.25, -0.2) is 4.79 Å². The summed E-state index contributed by atoms with van der Waals surface area (Å²) in [7, 11) is 3.60. The van der Waals surface area contributed by atoms with E-state index in [4.69, 9.17) is 29.4 Å². The summed E-state index contributed by atoms with van der Waals surface area (Å²) in [5, 5.41) is 17.8. The normalized spacial score (nSPS) is 12.0.